The summed E-state index contributed by atoms with van der Waals surface area (Å²) in [7, 11) is -3.64. The number of sulfonamides is 1. The topological polar surface area (TPSA) is 88.6 Å². The number of benzene rings is 2. The molecule has 1 amide bonds. The molecule has 162 valence electrons. The number of hydrogen-bond donors (Lipinski definition) is 1. The summed E-state index contributed by atoms with van der Waals surface area (Å²) in [6.45, 7) is 4.33. The Bertz CT molecular complexity index is 1150. The molecule has 2 heterocycles. The number of carbonyl (C=O) groups excluding carboxylic acids is 1. The second-order valence-corrected chi connectivity index (χ2v) is 10.3. The maximum Gasteiger partial charge on any atom is 0.255 e. The Kier molecular flexibility index (Phi) is 6.19. The first kappa shape index (κ1) is 21.6. The standard InChI is InChI=1S/C22H23N3O4S2/c1-15-13-25(14-16(2)29-15)31(27,28)20-8-6-17(7-9-20)21(26)24-19-5-3-4-18(12-19)22-23-10-11-30-22/h3-12,15-16H,13-14H2,1-2H3,(H,24,26). The minimum absolute atomic E-state index is 0.163. The highest BCUT2D eigenvalue weighted by Crippen LogP contribution is 2.25. The van der Waals surface area contributed by atoms with Crippen molar-refractivity contribution in [2.75, 3.05) is 18.4 Å². The van der Waals surface area contributed by atoms with E-state index < -0.39 is 10.0 Å². The summed E-state index contributed by atoms with van der Waals surface area (Å²) < 4.78 is 33.0. The van der Waals surface area contributed by atoms with Crippen molar-refractivity contribution >= 4 is 33.0 Å². The van der Waals surface area contributed by atoms with Gasteiger partial charge in [0.25, 0.3) is 5.91 Å². The Labute approximate surface area is 185 Å². The van der Waals surface area contributed by atoms with Crippen LogP contribution in [0.4, 0.5) is 5.69 Å². The third kappa shape index (κ3) is 4.85. The highest BCUT2D eigenvalue weighted by molar-refractivity contribution is 7.89. The van der Waals surface area contributed by atoms with Crippen molar-refractivity contribution in [1.29, 1.82) is 0 Å². The fraction of sp³-hybridized carbons (Fsp3) is 0.273. The van der Waals surface area contributed by atoms with Gasteiger partial charge in [-0.3, -0.25) is 4.79 Å². The van der Waals surface area contributed by atoms with Crippen molar-refractivity contribution in [1.82, 2.24) is 9.29 Å². The van der Waals surface area contributed by atoms with Crippen LogP contribution in [0.3, 0.4) is 0 Å². The summed E-state index contributed by atoms with van der Waals surface area (Å²) >= 11 is 1.52. The van der Waals surface area contributed by atoms with Gasteiger partial charge >= 0.3 is 0 Å². The number of hydrogen-bond acceptors (Lipinski definition) is 6. The maximum atomic E-state index is 13.0. The molecule has 1 N–H and O–H groups in total. The summed E-state index contributed by atoms with van der Waals surface area (Å²) in [5.41, 5.74) is 1.94. The zero-order valence-electron chi connectivity index (χ0n) is 17.2. The van der Waals surface area contributed by atoms with Gasteiger partial charge in [0.2, 0.25) is 10.0 Å². The lowest BCUT2D eigenvalue weighted by atomic mass is 10.2. The summed E-state index contributed by atoms with van der Waals surface area (Å²) in [6.07, 6.45) is 1.41. The van der Waals surface area contributed by atoms with E-state index in [1.807, 2.05) is 37.4 Å². The minimum atomic E-state index is -3.64. The third-order valence-electron chi connectivity index (χ3n) is 4.94. The molecule has 2 aromatic carbocycles. The van der Waals surface area contributed by atoms with E-state index in [-0.39, 0.29) is 23.0 Å². The minimum Gasteiger partial charge on any atom is -0.373 e. The van der Waals surface area contributed by atoms with Crippen LogP contribution in [0, 0.1) is 0 Å². The Hall–Kier alpha value is -2.59. The number of amides is 1. The summed E-state index contributed by atoms with van der Waals surface area (Å²) in [4.78, 5) is 17.1. The molecule has 0 spiro atoms. The van der Waals surface area contributed by atoms with Crippen LogP contribution in [0.15, 0.2) is 65.0 Å². The number of aromatic nitrogens is 1. The normalized spacial score (nSPS) is 19.8. The van der Waals surface area contributed by atoms with Crippen LogP contribution in [0.25, 0.3) is 10.6 Å². The molecule has 1 aromatic heterocycles. The second kappa shape index (κ2) is 8.88. The molecule has 0 saturated carbocycles. The fourth-order valence-electron chi connectivity index (χ4n) is 3.55. The van der Waals surface area contributed by atoms with E-state index >= 15 is 0 Å². The Morgan fingerprint density at radius 2 is 1.84 bits per heavy atom. The number of thiazole rings is 1. The van der Waals surface area contributed by atoms with E-state index in [0.717, 1.165) is 10.6 Å². The van der Waals surface area contributed by atoms with E-state index in [1.54, 1.807) is 12.3 Å². The quantitative estimate of drug-likeness (QED) is 0.629. The summed E-state index contributed by atoms with van der Waals surface area (Å²) in [5, 5.41) is 5.63. The lowest BCUT2D eigenvalue weighted by molar-refractivity contribution is -0.0440. The zero-order valence-corrected chi connectivity index (χ0v) is 18.8. The van der Waals surface area contributed by atoms with Gasteiger partial charge in [-0.1, -0.05) is 12.1 Å². The molecule has 1 saturated heterocycles. The smallest absolute Gasteiger partial charge is 0.255 e. The van der Waals surface area contributed by atoms with Gasteiger partial charge in [0.1, 0.15) is 5.01 Å². The Morgan fingerprint density at radius 1 is 1.13 bits per heavy atom. The van der Waals surface area contributed by atoms with E-state index in [0.29, 0.717) is 24.3 Å². The molecule has 31 heavy (non-hydrogen) atoms. The van der Waals surface area contributed by atoms with Crippen molar-refractivity contribution in [3.63, 3.8) is 0 Å². The maximum absolute atomic E-state index is 13.0. The van der Waals surface area contributed by atoms with Crippen LogP contribution in [0.5, 0.6) is 0 Å². The predicted octanol–water partition coefficient (Wildman–Crippen LogP) is 3.86. The van der Waals surface area contributed by atoms with E-state index in [9.17, 15) is 13.2 Å². The molecular weight excluding hydrogens is 434 g/mol. The molecule has 0 bridgehead atoms. The van der Waals surface area contributed by atoms with E-state index in [1.165, 1.54) is 39.9 Å². The number of ether oxygens (including phenoxy) is 1. The molecule has 3 aromatic rings. The summed E-state index contributed by atoms with van der Waals surface area (Å²) in [5.74, 6) is -0.311. The number of morpholine rings is 1. The molecule has 4 rings (SSSR count). The average Bonchev–Trinajstić information content (AvgIpc) is 3.28. The lowest BCUT2D eigenvalue weighted by Gasteiger charge is -2.34. The molecule has 1 fully saturated rings. The third-order valence-corrected chi connectivity index (χ3v) is 7.61. The SMILES string of the molecule is CC1CN(S(=O)(=O)c2ccc(C(=O)Nc3cccc(-c4nccs4)c3)cc2)CC(C)O1. The van der Waals surface area contributed by atoms with Crippen molar-refractivity contribution in [3.05, 3.63) is 65.7 Å². The monoisotopic (exact) mass is 457 g/mol. The first-order chi connectivity index (χ1) is 14.8. The van der Waals surface area contributed by atoms with Gasteiger partial charge in [-0.05, 0) is 50.2 Å². The van der Waals surface area contributed by atoms with E-state index in [2.05, 4.69) is 10.3 Å². The van der Waals surface area contributed by atoms with Gasteiger partial charge in [-0.2, -0.15) is 4.31 Å². The highest BCUT2D eigenvalue weighted by Gasteiger charge is 2.32. The van der Waals surface area contributed by atoms with Crippen molar-refractivity contribution in [2.45, 2.75) is 31.0 Å². The predicted molar refractivity (Wildman–Crippen MR) is 121 cm³/mol. The number of rotatable bonds is 5. The van der Waals surface area contributed by atoms with Gasteiger partial charge in [-0.15, -0.1) is 11.3 Å². The molecule has 9 heteroatoms. The zero-order chi connectivity index (χ0) is 22.0. The van der Waals surface area contributed by atoms with Crippen LogP contribution in [-0.4, -0.2) is 48.9 Å². The van der Waals surface area contributed by atoms with E-state index in [4.69, 9.17) is 4.74 Å². The molecule has 0 aliphatic carbocycles. The second-order valence-electron chi connectivity index (χ2n) is 7.48. The van der Waals surface area contributed by atoms with Crippen LogP contribution in [0.2, 0.25) is 0 Å². The number of anilines is 1. The van der Waals surface area contributed by atoms with Crippen LogP contribution < -0.4 is 5.32 Å². The fourth-order valence-corrected chi connectivity index (χ4v) is 5.78. The van der Waals surface area contributed by atoms with Crippen LogP contribution in [-0.2, 0) is 14.8 Å². The molecule has 1 aliphatic heterocycles. The molecule has 2 atom stereocenters. The summed E-state index contributed by atoms with van der Waals surface area (Å²) in [6, 6.07) is 13.4. The molecule has 1 aliphatic rings. The highest BCUT2D eigenvalue weighted by atomic mass is 32.2. The Balaban J connectivity index is 1.48. The largest absolute Gasteiger partial charge is 0.373 e. The number of nitrogens with zero attached hydrogens (tertiary/aromatic N) is 2. The van der Waals surface area contributed by atoms with Crippen molar-refractivity contribution < 1.29 is 17.9 Å². The molecule has 2 unspecified atom stereocenters. The first-order valence-electron chi connectivity index (χ1n) is 9.90. The van der Waals surface area contributed by atoms with Gasteiger partial charge in [0, 0.05) is 41.5 Å². The van der Waals surface area contributed by atoms with Crippen LogP contribution >= 0.6 is 11.3 Å². The number of nitrogens with one attached hydrogen (secondary N) is 1. The van der Waals surface area contributed by atoms with Gasteiger partial charge in [0.15, 0.2) is 0 Å². The van der Waals surface area contributed by atoms with Crippen molar-refractivity contribution in [2.24, 2.45) is 0 Å². The number of carbonyl (C=O) groups is 1. The molecule has 0 radical (unpaired) electrons. The van der Waals surface area contributed by atoms with Gasteiger partial charge in [0.05, 0.1) is 17.1 Å². The van der Waals surface area contributed by atoms with Gasteiger partial charge < -0.3 is 10.1 Å². The van der Waals surface area contributed by atoms with Gasteiger partial charge in [-0.25, -0.2) is 13.4 Å². The van der Waals surface area contributed by atoms with Crippen molar-refractivity contribution in [3.8, 4) is 10.6 Å². The molecular formula is C22H23N3O4S2. The Morgan fingerprint density at radius 3 is 2.48 bits per heavy atom. The first-order valence-corrected chi connectivity index (χ1v) is 12.2. The van der Waals surface area contributed by atoms with Crippen LogP contribution in [0.1, 0.15) is 24.2 Å². The molecule has 7 nitrogen and oxygen atoms in total. The average molecular weight is 458 g/mol. The lowest BCUT2D eigenvalue weighted by Crippen LogP contribution is -2.48.